The Bertz CT molecular complexity index is 587. The number of hydrogen-bond acceptors (Lipinski definition) is 4. The molecule has 0 spiro atoms. The van der Waals surface area contributed by atoms with Crippen molar-refractivity contribution in [3.63, 3.8) is 0 Å². The van der Waals surface area contributed by atoms with Crippen LogP contribution >= 0.6 is 0 Å². The molecule has 0 unspecified atom stereocenters. The average Bonchev–Trinajstić information content (AvgIpc) is 2.39. The second-order valence-corrected chi connectivity index (χ2v) is 3.78. The Morgan fingerprint density at radius 3 is 3.00 bits per heavy atom. The molecule has 0 aliphatic rings. The molecule has 0 atom stereocenters. The van der Waals surface area contributed by atoms with Gasteiger partial charge in [-0.1, -0.05) is 6.07 Å². The summed E-state index contributed by atoms with van der Waals surface area (Å²) in [6.07, 6.45) is 3.00. The maximum atomic E-state index is 13.1. The first-order valence-corrected chi connectivity index (χ1v) is 5.84. The summed E-state index contributed by atoms with van der Waals surface area (Å²) < 4.78 is 18.1. The van der Waals surface area contributed by atoms with Crippen LogP contribution in [0.1, 0.15) is 17.3 Å². The van der Waals surface area contributed by atoms with Crippen molar-refractivity contribution in [1.82, 2.24) is 4.98 Å². The molecule has 2 aromatic rings. The fourth-order valence-corrected chi connectivity index (χ4v) is 1.60. The van der Waals surface area contributed by atoms with Gasteiger partial charge in [0.15, 0.2) is 0 Å². The topological polar surface area (TPSA) is 51.2 Å². The van der Waals surface area contributed by atoms with Crippen molar-refractivity contribution in [3.8, 4) is 0 Å². The summed E-state index contributed by atoms with van der Waals surface area (Å²) in [4.78, 5) is 15.7. The van der Waals surface area contributed by atoms with Crippen LogP contribution in [0.2, 0.25) is 0 Å². The molecular weight excluding hydrogens is 247 g/mol. The molecule has 0 bridgehead atoms. The zero-order valence-corrected chi connectivity index (χ0v) is 10.4. The lowest BCUT2D eigenvalue weighted by Gasteiger charge is -2.10. The quantitative estimate of drug-likeness (QED) is 0.858. The Balaban J connectivity index is 2.27. The minimum atomic E-state index is -0.441. The van der Waals surface area contributed by atoms with Crippen molar-refractivity contribution >= 4 is 17.3 Å². The van der Waals surface area contributed by atoms with E-state index in [9.17, 15) is 9.18 Å². The van der Waals surface area contributed by atoms with Crippen molar-refractivity contribution in [2.75, 3.05) is 11.9 Å². The summed E-state index contributed by atoms with van der Waals surface area (Å²) in [5, 5.41) is 2.95. The monoisotopic (exact) mass is 260 g/mol. The predicted molar refractivity (Wildman–Crippen MR) is 69.9 cm³/mol. The first-order chi connectivity index (χ1) is 9.20. The first kappa shape index (κ1) is 13.0. The number of nitrogens with one attached hydrogen (secondary N) is 1. The smallest absolute Gasteiger partial charge is 0.340 e. The Hall–Kier alpha value is -2.43. The van der Waals surface area contributed by atoms with E-state index in [2.05, 4.69) is 10.3 Å². The third-order valence-electron chi connectivity index (χ3n) is 2.42. The molecule has 4 nitrogen and oxygen atoms in total. The van der Waals surface area contributed by atoms with E-state index in [4.69, 9.17) is 4.74 Å². The molecular formula is C14H13FN2O2. The normalized spacial score (nSPS) is 10.0. The minimum absolute atomic E-state index is 0.292. The maximum absolute atomic E-state index is 13.1. The highest BCUT2D eigenvalue weighted by Gasteiger charge is 2.12. The molecule has 1 aromatic heterocycles. The van der Waals surface area contributed by atoms with Crippen LogP contribution in [0.25, 0.3) is 0 Å². The standard InChI is InChI=1S/C14H13FN2O2/c1-2-19-14(18)12-6-7-16-9-13(12)17-11-5-3-4-10(15)8-11/h3-9,17H,2H2,1H3. The Morgan fingerprint density at radius 1 is 1.42 bits per heavy atom. The molecule has 0 fully saturated rings. The molecule has 1 N–H and O–H groups in total. The zero-order chi connectivity index (χ0) is 13.7. The lowest BCUT2D eigenvalue weighted by molar-refractivity contribution is 0.0527. The molecule has 1 aromatic carbocycles. The van der Waals surface area contributed by atoms with E-state index in [1.54, 1.807) is 25.1 Å². The lowest BCUT2D eigenvalue weighted by atomic mass is 10.2. The highest BCUT2D eigenvalue weighted by molar-refractivity contribution is 5.96. The Kier molecular flexibility index (Phi) is 4.07. The number of carbonyl (C=O) groups is 1. The van der Waals surface area contributed by atoms with Gasteiger partial charge in [-0.3, -0.25) is 4.98 Å². The molecule has 0 saturated heterocycles. The number of rotatable bonds is 4. The van der Waals surface area contributed by atoms with Gasteiger partial charge in [0, 0.05) is 11.9 Å². The summed E-state index contributed by atoms with van der Waals surface area (Å²) in [6.45, 7) is 2.03. The van der Waals surface area contributed by atoms with Crippen LogP contribution in [0.15, 0.2) is 42.7 Å². The van der Waals surface area contributed by atoms with Gasteiger partial charge in [-0.25, -0.2) is 9.18 Å². The summed E-state index contributed by atoms with van der Waals surface area (Å²) in [7, 11) is 0. The van der Waals surface area contributed by atoms with Gasteiger partial charge in [0.05, 0.1) is 24.1 Å². The number of hydrogen-bond donors (Lipinski definition) is 1. The summed E-state index contributed by atoms with van der Waals surface area (Å²) in [6, 6.07) is 7.52. The van der Waals surface area contributed by atoms with E-state index < -0.39 is 5.97 Å². The molecule has 0 saturated carbocycles. The Labute approximate surface area is 110 Å². The van der Waals surface area contributed by atoms with Gasteiger partial charge in [-0.05, 0) is 31.2 Å². The number of esters is 1. The Morgan fingerprint density at radius 2 is 2.26 bits per heavy atom. The molecule has 0 amide bonds. The van der Waals surface area contributed by atoms with Gasteiger partial charge in [-0.2, -0.15) is 0 Å². The maximum Gasteiger partial charge on any atom is 0.340 e. The third kappa shape index (κ3) is 3.28. The SMILES string of the molecule is CCOC(=O)c1ccncc1Nc1cccc(F)c1. The van der Waals surface area contributed by atoms with E-state index in [-0.39, 0.29) is 5.82 Å². The van der Waals surface area contributed by atoms with Crippen molar-refractivity contribution < 1.29 is 13.9 Å². The van der Waals surface area contributed by atoms with Crippen molar-refractivity contribution in [3.05, 3.63) is 54.1 Å². The molecule has 98 valence electrons. The fourth-order valence-electron chi connectivity index (χ4n) is 1.60. The number of benzene rings is 1. The van der Waals surface area contributed by atoms with Gasteiger partial charge in [0.25, 0.3) is 0 Å². The lowest BCUT2D eigenvalue weighted by Crippen LogP contribution is -2.08. The van der Waals surface area contributed by atoms with Gasteiger partial charge in [0.1, 0.15) is 5.82 Å². The molecule has 2 rings (SSSR count). The van der Waals surface area contributed by atoms with Crippen LogP contribution in [0, 0.1) is 5.82 Å². The second-order valence-electron chi connectivity index (χ2n) is 3.78. The first-order valence-electron chi connectivity index (χ1n) is 5.84. The predicted octanol–water partition coefficient (Wildman–Crippen LogP) is 3.14. The van der Waals surface area contributed by atoms with Crippen LogP contribution in [-0.4, -0.2) is 17.6 Å². The highest BCUT2D eigenvalue weighted by atomic mass is 19.1. The molecule has 5 heteroatoms. The number of aromatic nitrogens is 1. The zero-order valence-electron chi connectivity index (χ0n) is 10.4. The summed E-state index contributed by atoms with van der Waals surface area (Å²) in [5.74, 6) is -0.796. The number of ether oxygens (including phenoxy) is 1. The minimum Gasteiger partial charge on any atom is -0.462 e. The number of halogens is 1. The van der Waals surface area contributed by atoms with E-state index in [1.807, 2.05) is 0 Å². The van der Waals surface area contributed by atoms with Crippen LogP contribution in [0.4, 0.5) is 15.8 Å². The average molecular weight is 260 g/mol. The molecule has 0 radical (unpaired) electrons. The molecule has 0 aliphatic carbocycles. The second kappa shape index (κ2) is 5.95. The van der Waals surface area contributed by atoms with E-state index >= 15 is 0 Å². The summed E-state index contributed by atoms with van der Waals surface area (Å²) >= 11 is 0. The highest BCUT2D eigenvalue weighted by Crippen LogP contribution is 2.21. The largest absolute Gasteiger partial charge is 0.462 e. The van der Waals surface area contributed by atoms with E-state index in [0.29, 0.717) is 23.5 Å². The van der Waals surface area contributed by atoms with Gasteiger partial charge in [-0.15, -0.1) is 0 Å². The van der Waals surface area contributed by atoms with Crippen molar-refractivity contribution in [2.45, 2.75) is 6.92 Å². The van der Waals surface area contributed by atoms with Crippen LogP contribution in [-0.2, 0) is 4.74 Å². The van der Waals surface area contributed by atoms with Crippen LogP contribution < -0.4 is 5.32 Å². The molecule has 19 heavy (non-hydrogen) atoms. The molecule has 0 aliphatic heterocycles. The number of pyridine rings is 1. The van der Waals surface area contributed by atoms with E-state index in [0.717, 1.165) is 0 Å². The van der Waals surface area contributed by atoms with Crippen molar-refractivity contribution in [2.24, 2.45) is 0 Å². The molecule has 1 heterocycles. The fraction of sp³-hybridized carbons (Fsp3) is 0.143. The van der Waals surface area contributed by atoms with Crippen LogP contribution in [0.5, 0.6) is 0 Å². The van der Waals surface area contributed by atoms with E-state index in [1.165, 1.54) is 24.5 Å². The summed E-state index contributed by atoms with van der Waals surface area (Å²) in [5.41, 5.74) is 1.38. The van der Waals surface area contributed by atoms with Crippen LogP contribution in [0.3, 0.4) is 0 Å². The third-order valence-corrected chi connectivity index (χ3v) is 2.42. The van der Waals surface area contributed by atoms with Gasteiger partial charge in [0.2, 0.25) is 0 Å². The number of carbonyl (C=O) groups excluding carboxylic acids is 1. The van der Waals surface area contributed by atoms with Crippen molar-refractivity contribution in [1.29, 1.82) is 0 Å². The van der Waals surface area contributed by atoms with Gasteiger partial charge < -0.3 is 10.1 Å². The van der Waals surface area contributed by atoms with Gasteiger partial charge >= 0.3 is 5.97 Å². The number of anilines is 2. The number of nitrogens with zero attached hydrogens (tertiary/aromatic N) is 1.